The zero-order chi connectivity index (χ0) is 13.9. The minimum absolute atomic E-state index is 0.0861. The lowest BCUT2D eigenvalue weighted by Gasteiger charge is -2.12. The lowest BCUT2D eigenvalue weighted by molar-refractivity contribution is -0.275. The van der Waals surface area contributed by atoms with Crippen molar-refractivity contribution in [2.45, 2.75) is 12.8 Å². The van der Waals surface area contributed by atoms with Crippen molar-refractivity contribution in [1.82, 2.24) is 4.98 Å². The molecule has 0 saturated carbocycles. The maximum Gasteiger partial charge on any atom is 0.574 e. The van der Waals surface area contributed by atoms with E-state index in [0.29, 0.717) is 0 Å². The van der Waals surface area contributed by atoms with Crippen LogP contribution in [0.2, 0.25) is 0 Å². The van der Waals surface area contributed by atoms with Gasteiger partial charge < -0.3 is 15.6 Å². The minimum atomic E-state index is -5.00. The van der Waals surface area contributed by atoms with Crippen LogP contribution >= 0.6 is 0 Å². The average molecular weight is 261 g/mol. The van der Waals surface area contributed by atoms with Gasteiger partial charge in [-0.05, 0) is 0 Å². The number of nitrogens with two attached hydrogens (primary N) is 1. The van der Waals surface area contributed by atoms with Crippen LogP contribution in [0.25, 0.3) is 0 Å². The van der Waals surface area contributed by atoms with Crippen LogP contribution < -0.4 is 10.5 Å². The Balaban J connectivity index is 3.21. The number of carboxylic acid groups (broad SMARTS) is 1. The quantitative estimate of drug-likeness (QED) is 0.841. The highest BCUT2D eigenvalue weighted by molar-refractivity contribution is 5.74. The Hall–Kier alpha value is -2.50. The fourth-order valence-corrected chi connectivity index (χ4v) is 1.17. The first-order chi connectivity index (χ1) is 8.24. The number of hydrogen-bond acceptors (Lipinski definition) is 5. The first-order valence-electron chi connectivity index (χ1n) is 4.39. The number of aromatic nitrogens is 1. The van der Waals surface area contributed by atoms with Gasteiger partial charge in [-0.25, -0.2) is 4.98 Å². The molecular weight excluding hydrogens is 255 g/mol. The lowest BCUT2D eigenvalue weighted by atomic mass is 10.1. The molecule has 0 atom stereocenters. The van der Waals surface area contributed by atoms with Crippen molar-refractivity contribution >= 4 is 11.7 Å². The highest BCUT2D eigenvalue weighted by Gasteiger charge is 2.33. The van der Waals surface area contributed by atoms with Gasteiger partial charge in [0.05, 0.1) is 12.0 Å². The number of anilines is 1. The number of hydrogen-bond donors (Lipinski definition) is 2. The molecule has 0 unspecified atom stereocenters. The molecule has 3 N–H and O–H groups in total. The van der Waals surface area contributed by atoms with Gasteiger partial charge in [0.1, 0.15) is 11.8 Å². The third kappa shape index (κ3) is 3.24. The number of carboxylic acids is 1. The number of pyridine rings is 1. The Bertz CT molecular complexity index is 522. The number of nitrogen functional groups attached to an aromatic ring is 1. The number of nitriles is 1. The van der Waals surface area contributed by atoms with E-state index in [-0.39, 0.29) is 5.56 Å². The molecule has 0 aliphatic heterocycles. The highest BCUT2D eigenvalue weighted by atomic mass is 19.4. The summed E-state index contributed by atoms with van der Waals surface area (Å²) in [6.07, 6.45) is -4.77. The number of ether oxygens (including phenoxy) is 1. The molecule has 0 aliphatic carbocycles. The van der Waals surface area contributed by atoms with E-state index in [4.69, 9.17) is 16.1 Å². The summed E-state index contributed by atoms with van der Waals surface area (Å²) in [6.45, 7) is 0. The highest BCUT2D eigenvalue weighted by Crippen LogP contribution is 2.30. The van der Waals surface area contributed by atoms with Gasteiger partial charge in [0, 0.05) is 11.8 Å². The van der Waals surface area contributed by atoms with Crippen LogP contribution in [0.1, 0.15) is 11.1 Å². The third-order valence-corrected chi connectivity index (χ3v) is 1.82. The van der Waals surface area contributed by atoms with E-state index >= 15 is 0 Å². The Kier molecular flexibility index (Phi) is 3.61. The number of aliphatic carboxylic acids is 1. The van der Waals surface area contributed by atoms with E-state index in [1.165, 1.54) is 6.07 Å². The van der Waals surface area contributed by atoms with Gasteiger partial charge in [-0.15, -0.1) is 13.2 Å². The largest absolute Gasteiger partial charge is 0.574 e. The molecule has 0 bridgehead atoms. The van der Waals surface area contributed by atoms with Crippen molar-refractivity contribution in [2.75, 3.05) is 5.73 Å². The topological polar surface area (TPSA) is 109 Å². The van der Waals surface area contributed by atoms with E-state index in [1.807, 2.05) is 0 Å². The van der Waals surface area contributed by atoms with Gasteiger partial charge >= 0.3 is 12.3 Å². The van der Waals surface area contributed by atoms with Crippen LogP contribution in [-0.4, -0.2) is 22.4 Å². The third-order valence-electron chi connectivity index (χ3n) is 1.82. The Morgan fingerprint density at radius 2 is 2.22 bits per heavy atom. The molecule has 0 saturated heterocycles. The maximum atomic E-state index is 12.0. The van der Waals surface area contributed by atoms with E-state index in [2.05, 4.69) is 9.72 Å². The smallest absolute Gasteiger partial charge is 0.481 e. The van der Waals surface area contributed by atoms with E-state index in [9.17, 15) is 18.0 Å². The van der Waals surface area contributed by atoms with Gasteiger partial charge in [-0.1, -0.05) is 0 Å². The standard InChI is InChI=1S/C9H6F3N3O3/c10-9(11,12)18-8-7(14)5(2-13)4(3-15-8)1-6(16)17/h3H,1,14H2,(H,16,17). The first kappa shape index (κ1) is 13.6. The Morgan fingerprint density at radius 1 is 1.61 bits per heavy atom. The first-order valence-corrected chi connectivity index (χ1v) is 4.39. The summed E-state index contributed by atoms with van der Waals surface area (Å²) in [5.74, 6) is -2.25. The van der Waals surface area contributed by atoms with E-state index in [1.54, 1.807) is 0 Å². The summed E-state index contributed by atoms with van der Waals surface area (Å²) < 4.78 is 39.4. The second-order valence-corrected chi connectivity index (χ2v) is 3.11. The van der Waals surface area contributed by atoms with Crippen LogP contribution in [0.15, 0.2) is 6.20 Å². The molecule has 0 amide bonds. The molecule has 0 aromatic carbocycles. The van der Waals surface area contributed by atoms with E-state index in [0.717, 1.165) is 6.20 Å². The van der Waals surface area contributed by atoms with Crippen molar-refractivity contribution in [3.8, 4) is 11.9 Å². The molecule has 1 aromatic heterocycles. The molecule has 96 valence electrons. The molecule has 1 aromatic rings. The summed E-state index contributed by atoms with van der Waals surface area (Å²) >= 11 is 0. The molecule has 0 fully saturated rings. The average Bonchev–Trinajstić information content (AvgIpc) is 2.20. The summed E-state index contributed by atoms with van der Waals surface area (Å²) in [5, 5.41) is 17.3. The molecular formula is C9H6F3N3O3. The van der Waals surface area contributed by atoms with Crippen LogP contribution in [-0.2, 0) is 11.2 Å². The number of carbonyl (C=O) groups is 1. The Morgan fingerprint density at radius 3 is 2.67 bits per heavy atom. The number of halogens is 3. The predicted octanol–water partition coefficient (Wildman–Crippen LogP) is 1.06. The van der Waals surface area contributed by atoms with Gasteiger partial charge in [-0.3, -0.25) is 4.79 Å². The van der Waals surface area contributed by atoms with Crippen molar-refractivity contribution in [3.63, 3.8) is 0 Å². The fourth-order valence-electron chi connectivity index (χ4n) is 1.17. The van der Waals surface area contributed by atoms with E-state index < -0.39 is 35.9 Å². The van der Waals surface area contributed by atoms with Crippen LogP contribution in [0, 0.1) is 11.3 Å². The van der Waals surface area contributed by atoms with Crippen LogP contribution in [0.3, 0.4) is 0 Å². The molecule has 0 radical (unpaired) electrons. The van der Waals surface area contributed by atoms with Gasteiger partial charge in [-0.2, -0.15) is 5.26 Å². The monoisotopic (exact) mass is 261 g/mol. The normalized spacial score (nSPS) is 10.8. The minimum Gasteiger partial charge on any atom is -0.481 e. The van der Waals surface area contributed by atoms with Gasteiger partial charge in [0.2, 0.25) is 5.88 Å². The molecule has 0 spiro atoms. The van der Waals surface area contributed by atoms with Crippen LogP contribution in [0.4, 0.5) is 18.9 Å². The molecule has 9 heteroatoms. The lowest BCUT2D eigenvalue weighted by Crippen LogP contribution is -2.19. The van der Waals surface area contributed by atoms with Crippen LogP contribution in [0.5, 0.6) is 5.88 Å². The zero-order valence-corrected chi connectivity index (χ0v) is 8.65. The summed E-state index contributed by atoms with van der Waals surface area (Å²) in [5.41, 5.74) is 4.15. The molecule has 1 rings (SSSR count). The van der Waals surface area contributed by atoms with Crippen molar-refractivity contribution in [2.24, 2.45) is 0 Å². The summed E-state index contributed by atoms with van der Waals surface area (Å²) in [7, 11) is 0. The molecule has 0 aliphatic rings. The van der Waals surface area contributed by atoms with Gasteiger partial charge in [0.25, 0.3) is 0 Å². The van der Waals surface area contributed by atoms with Crippen molar-refractivity contribution in [1.29, 1.82) is 5.26 Å². The summed E-state index contributed by atoms with van der Waals surface area (Å²) in [6, 6.07) is 1.52. The zero-order valence-electron chi connectivity index (χ0n) is 8.65. The number of nitrogens with zero attached hydrogens (tertiary/aromatic N) is 2. The SMILES string of the molecule is N#Cc1c(CC(=O)O)cnc(OC(F)(F)F)c1N. The second-order valence-electron chi connectivity index (χ2n) is 3.11. The second kappa shape index (κ2) is 4.79. The molecule has 1 heterocycles. The van der Waals surface area contributed by atoms with Crippen molar-refractivity contribution in [3.05, 3.63) is 17.3 Å². The fraction of sp³-hybridized carbons (Fsp3) is 0.222. The molecule has 18 heavy (non-hydrogen) atoms. The Labute approximate surface area is 98.4 Å². The van der Waals surface area contributed by atoms with Crippen molar-refractivity contribution < 1.29 is 27.8 Å². The predicted molar refractivity (Wildman–Crippen MR) is 51.4 cm³/mol. The number of alkyl halides is 3. The molecule has 6 nitrogen and oxygen atoms in total. The maximum absolute atomic E-state index is 12.0. The summed E-state index contributed by atoms with van der Waals surface area (Å²) in [4.78, 5) is 13.7. The number of rotatable bonds is 3. The van der Waals surface area contributed by atoms with Gasteiger partial charge in [0.15, 0.2) is 0 Å².